The second kappa shape index (κ2) is 4.56. The number of nitro benzene ring substituents is 1. The second-order valence-electron chi connectivity index (χ2n) is 3.46. The highest BCUT2D eigenvalue weighted by Crippen LogP contribution is 2.28. The lowest BCUT2D eigenvalue weighted by Gasteiger charge is -2.00. The summed E-state index contributed by atoms with van der Waals surface area (Å²) in [7, 11) is 0. The Morgan fingerprint density at radius 3 is 2.76 bits per heavy atom. The van der Waals surface area contributed by atoms with Crippen molar-refractivity contribution >= 4 is 17.0 Å². The van der Waals surface area contributed by atoms with Gasteiger partial charge in [-0.05, 0) is 18.6 Å². The van der Waals surface area contributed by atoms with Crippen LogP contribution in [-0.2, 0) is 6.54 Å². The molecule has 0 saturated heterocycles. The summed E-state index contributed by atoms with van der Waals surface area (Å²) in [6.07, 6.45) is 0. The molecule has 0 amide bonds. The van der Waals surface area contributed by atoms with E-state index >= 15 is 0 Å². The average molecular weight is 250 g/mol. The molecule has 0 aliphatic carbocycles. The number of rotatable bonds is 3. The van der Waals surface area contributed by atoms with E-state index < -0.39 is 4.92 Å². The van der Waals surface area contributed by atoms with Gasteiger partial charge in [-0.15, -0.1) is 10.2 Å². The van der Waals surface area contributed by atoms with Gasteiger partial charge in [0.1, 0.15) is 10.0 Å². The van der Waals surface area contributed by atoms with Crippen LogP contribution >= 0.6 is 11.3 Å². The predicted octanol–water partition coefficient (Wildman–Crippen LogP) is 1.88. The number of hydrogen-bond acceptors (Lipinski definition) is 6. The van der Waals surface area contributed by atoms with E-state index in [0.717, 1.165) is 21.1 Å². The summed E-state index contributed by atoms with van der Waals surface area (Å²) in [5.74, 6) is 0. The van der Waals surface area contributed by atoms with E-state index in [9.17, 15) is 10.1 Å². The molecule has 2 aromatic rings. The van der Waals surface area contributed by atoms with Gasteiger partial charge in [0.25, 0.3) is 5.69 Å². The summed E-state index contributed by atoms with van der Waals surface area (Å²) in [5.41, 5.74) is 7.20. The lowest BCUT2D eigenvalue weighted by Crippen LogP contribution is -1.94. The van der Waals surface area contributed by atoms with Crippen LogP contribution < -0.4 is 5.73 Å². The fraction of sp³-hybridized carbons (Fsp3) is 0.200. The molecule has 0 unspecified atom stereocenters. The van der Waals surface area contributed by atoms with Gasteiger partial charge >= 0.3 is 0 Å². The van der Waals surface area contributed by atoms with Crippen molar-refractivity contribution in [1.82, 2.24) is 10.2 Å². The highest BCUT2D eigenvalue weighted by Gasteiger charge is 2.12. The van der Waals surface area contributed by atoms with Crippen molar-refractivity contribution in [3.05, 3.63) is 38.9 Å². The molecule has 0 saturated carbocycles. The van der Waals surface area contributed by atoms with Gasteiger partial charge in [0.05, 0.1) is 4.92 Å². The maximum Gasteiger partial charge on any atom is 0.269 e. The Morgan fingerprint density at radius 1 is 1.47 bits per heavy atom. The zero-order valence-corrected chi connectivity index (χ0v) is 9.90. The Kier molecular flexibility index (Phi) is 3.12. The topological polar surface area (TPSA) is 94.9 Å². The van der Waals surface area contributed by atoms with Crippen molar-refractivity contribution in [2.24, 2.45) is 5.73 Å². The highest BCUT2D eigenvalue weighted by atomic mass is 32.1. The minimum absolute atomic E-state index is 0.0785. The lowest BCUT2D eigenvalue weighted by molar-refractivity contribution is -0.384. The maximum absolute atomic E-state index is 10.6. The molecule has 2 N–H and O–H groups in total. The molecule has 0 bridgehead atoms. The number of nitrogens with two attached hydrogens (primary N) is 1. The van der Waals surface area contributed by atoms with E-state index in [1.165, 1.54) is 23.5 Å². The Balaban J connectivity index is 2.42. The Hall–Kier alpha value is -1.86. The average Bonchev–Trinajstić information content (AvgIpc) is 2.77. The van der Waals surface area contributed by atoms with Gasteiger partial charge in [0.2, 0.25) is 0 Å². The molecule has 7 heteroatoms. The van der Waals surface area contributed by atoms with Gasteiger partial charge in [0.15, 0.2) is 0 Å². The molecule has 0 aliphatic heterocycles. The van der Waals surface area contributed by atoms with Crippen molar-refractivity contribution in [2.45, 2.75) is 13.5 Å². The van der Waals surface area contributed by atoms with Crippen LogP contribution in [0.4, 0.5) is 5.69 Å². The van der Waals surface area contributed by atoms with Crippen molar-refractivity contribution in [3.8, 4) is 10.6 Å². The van der Waals surface area contributed by atoms with Crippen LogP contribution in [0.5, 0.6) is 0 Å². The van der Waals surface area contributed by atoms with Crippen LogP contribution in [0.25, 0.3) is 10.6 Å². The first-order valence-corrected chi connectivity index (χ1v) is 5.71. The summed E-state index contributed by atoms with van der Waals surface area (Å²) in [6, 6.07) is 4.68. The molecule has 17 heavy (non-hydrogen) atoms. The predicted molar refractivity (Wildman–Crippen MR) is 64.6 cm³/mol. The van der Waals surface area contributed by atoms with Gasteiger partial charge in [-0.1, -0.05) is 11.3 Å². The maximum atomic E-state index is 10.6. The minimum Gasteiger partial charge on any atom is -0.324 e. The smallest absolute Gasteiger partial charge is 0.269 e. The number of benzene rings is 1. The molecule has 1 aromatic carbocycles. The molecule has 0 fully saturated rings. The van der Waals surface area contributed by atoms with Gasteiger partial charge in [-0.25, -0.2) is 0 Å². The first-order valence-electron chi connectivity index (χ1n) is 4.89. The minimum atomic E-state index is -0.414. The molecule has 1 aromatic heterocycles. The zero-order chi connectivity index (χ0) is 12.4. The third-order valence-electron chi connectivity index (χ3n) is 2.29. The SMILES string of the molecule is Cc1cc([N+](=O)[O-])ccc1-c1nnc(CN)s1. The van der Waals surface area contributed by atoms with Gasteiger partial charge < -0.3 is 5.73 Å². The number of hydrogen-bond donors (Lipinski definition) is 1. The molecule has 0 radical (unpaired) electrons. The zero-order valence-electron chi connectivity index (χ0n) is 9.08. The quantitative estimate of drug-likeness (QED) is 0.662. The fourth-order valence-electron chi connectivity index (χ4n) is 1.45. The van der Waals surface area contributed by atoms with Crippen molar-refractivity contribution in [2.75, 3.05) is 0 Å². The molecule has 2 rings (SSSR count). The van der Waals surface area contributed by atoms with Gasteiger partial charge in [0, 0.05) is 24.2 Å². The molecule has 0 atom stereocenters. The lowest BCUT2D eigenvalue weighted by atomic mass is 10.1. The molecule has 6 nitrogen and oxygen atoms in total. The second-order valence-corrected chi connectivity index (χ2v) is 4.52. The van der Waals surface area contributed by atoms with Crippen LogP contribution in [0.1, 0.15) is 10.6 Å². The molecule has 0 spiro atoms. The Morgan fingerprint density at radius 2 is 2.24 bits per heavy atom. The van der Waals surface area contributed by atoms with E-state index in [-0.39, 0.29) is 5.69 Å². The normalized spacial score (nSPS) is 10.5. The van der Waals surface area contributed by atoms with Gasteiger partial charge in [-0.2, -0.15) is 0 Å². The largest absolute Gasteiger partial charge is 0.324 e. The Labute approximate surface area is 101 Å². The van der Waals surface area contributed by atoms with E-state index in [4.69, 9.17) is 5.73 Å². The molecule has 1 heterocycles. The number of nitro groups is 1. The molecule has 88 valence electrons. The van der Waals surface area contributed by atoms with E-state index in [0.29, 0.717) is 6.54 Å². The number of nitrogens with zero attached hydrogens (tertiary/aromatic N) is 3. The first-order chi connectivity index (χ1) is 8.11. The third kappa shape index (κ3) is 2.29. The summed E-state index contributed by atoms with van der Waals surface area (Å²) >= 11 is 1.40. The summed E-state index contributed by atoms with van der Waals surface area (Å²) in [6.45, 7) is 2.16. The van der Waals surface area contributed by atoms with Crippen LogP contribution in [0, 0.1) is 17.0 Å². The number of aromatic nitrogens is 2. The van der Waals surface area contributed by atoms with E-state index in [2.05, 4.69) is 10.2 Å². The van der Waals surface area contributed by atoms with E-state index in [1.54, 1.807) is 6.07 Å². The summed E-state index contributed by atoms with van der Waals surface area (Å²) in [5, 5.41) is 20.0. The van der Waals surface area contributed by atoms with Crippen molar-refractivity contribution in [1.29, 1.82) is 0 Å². The van der Waals surface area contributed by atoms with Gasteiger partial charge in [-0.3, -0.25) is 10.1 Å². The number of aryl methyl sites for hydroxylation is 1. The standard InChI is InChI=1S/C10H10N4O2S/c1-6-4-7(14(15)16)2-3-8(6)10-13-12-9(5-11)17-10/h2-4H,5,11H2,1H3. The van der Waals surface area contributed by atoms with Crippen molar-refractivity contribution in [3.63, 3.8) is 0 Å². The summed E-state index contributed by atoms with van der Waals surface area (Å²) in [4.78, 5) is 10.2. The van der Waals surface area contributed by atoms with Crippen LogP contribution in [-0.4, -0.2) is 15.1 Å². The highest BCUT2D eigenvalue weighted by molar-refractivity contribution is 7.14. The monoisotopic (exact) mass is 250 g/mol. The summed E-state index contributed by atoms with van der Waals surface area (Å²) < 4.78 is 0. The third-order valence-corrected chi connectivity index (χ3v) is 3.27. The number of non-ortho nitro benzene ring substituents is 1. The van der Waals surface area contributed by atoms with Crippen LogP contribution in [0.3, 0.4) is 0 Å². The molecular weight excluding hydrogens is 240 g/mol. The van der Waals surface area contributed by atoms with Crippen LogP contribution in [0.2, 0.25) is 0 Å². The molecule has 0 aliphatic rings. The Bertz CT molecular complexity index is 567. The fourth-order valence-corrected chi connectivity index (χ4v) is 2.26. The van der Waals surface area contributed by atoms with Crippen LogP contribution in [0.15, 0.2) is 18.2 Å². The van der Waals surface area contributed by atoms with Crippen molar-refractivity contribution < 1.29 is 4.92 Å². The van der Waals surface area contributed by atoms with E-state index in [1.807, 2.05) is 6.92 Å². The molecular formula is C10H10N4O2S. The first kappa shape index (κ1) is 11.6.